The molecule has 3 rings (SSSR count). The Hall–Kier alpha value is -1.06. The molecule has 3 unspecified atom stereocenters. The number of nitrogens with zero attached hydrogens (tertiary/aromatic N) is 1. The first-order valence-electron chi connectivity index (χ1n) is 7.81. The highest BCUT2D eigenvalue weighted by Crippen LogP contribution is 2.37. The summed E-state index contributed by atoms with van der Waals surface area (Å²) in [5.74, 6) is 1.66. The number of rotatable bonds is 3. The van der Waals surface area contributed by atoms with Crippen LogP contribution in [0.25, 0.3) is 0 Å². The van der Waals surface area contributed by atoms with Crippen LogP contribution in [0.4, 0.5) is 0 Å². The second-order valence-electron chi connectivity index (χ2n) is 6.17. The Labute approximate surface area is 121 Å². The minimum Gasteiger partial charge on any atom is -0.497 e. The zero-order valence-electron chi connectivity index (χ0n) is 12.5. The van der Waals surface area contributed by atoms with Crippen molar-refractivity contribution in [2.45, 2.75) is 44.8 Å². The van der Waals surface area contributed by atoms with Crippen LogP contribution in [0.3, 0.4) is 0 Å². The van der Waals surface area contributed by atoms with E-state index in [2.05, 4.69) is 17.9 Å². The summed E-state index contributed by atoms with van der Waals surface area (Å²) in [7, 11) is 1.68. The fraction of sp³-hybridized carbons (Fsp3) is 0.647. The molecule has 20 heavy (non-hydrogen) atoms. The van der Waals surface area contributed by atoms with Crippen molar-refractivity contribution in [3.8, 4) is 5.75 Å². The fourth-order valence-electron chi connectivity index (χ4n) is 3.75. The fourth-order valence-corrected chi connectivity index (χ4v) is 3.75. The first-order chi connectivity index (χ1) is 9.72. The number of fused-ring (bicyclic) bond motifs is 1. The summed E-state index contributed by atoms with van der Waals surface area (Å²) in [6, 6.07) is 6.40. The molecule has 3 heteroatoms. The number of benzene rings is 1. The molecule has 1 aromatic carbocycles. The maximum Gasteiger partial charge on any atom is 0.119 e. The number of aliphatic hydroxyl groups is 1. The van der Waals surface area contributed by atoms with E-state index in [1.54, 1.807) is 7.11 Å². The highest BCUT2D eigenvalue weighted by Gasteiger charge is 2.35. The van der Waals surface area contributed by atoms with Gasteiger partial charge in [-0.1, -0.05) is 19.4 Å². The minimum atomic E-state index is -0.371. The van der Waals surface area contributed by atoms with E-state index < -0.39 is 0 Å². The van der Waals surface area contributed by atoms with Crippen LogP contribution in [0, 0.1) is 5.92 Å². The van der Waals surface area contributed by atoms with Crippen molar-refractivity contribution < 1.29 is 9.84 Å². The molecule has 1 aromatic rings. The molecule has 1 fully saturated rings. The van der Waals surface area contributed by atoms with E-state index in [9.17, 15) is 5.11 Å². The Bertz CT molecular complexity index is 474. The molecule has 0 amide bonds. The van der Waals surface area contributed by atoms with Gasteiger partial charge in [-0.3, -0.25) is 4.90 Å². The largest absolute Gasteiger partial charge is 0.497 e. The van der Waals surface area contributed by atoms with Crippen LogP contribution in [0.2, 0.25) is 0 Å². The molecule has 0 radical (unpaired) electrons. The third kappa shape index (κ3) is 2.45. The minimum absolute atomic E-state index is 0.283. The Kier molecular flexibility index (Phi) is 3.99. The predicted molar refractivity (Wildman–Crippen MR) is 80.0 cm³/mol. The van der Waals surface area contributed by atoms with Crippen molar-refractivity contribution >= 4 is 0 Å². The Morgan fingerprint density at radius 2 is 2.20 bits per heavy atom. The highest BCUT2D eigenvalue weighted by molar-refractivity contribution is 5.39. The Morgan fingerprint density at radius 1 is 1.35 bits per heavy atom. The van der Waals surface area contributed by atoms with Crippen LogP contribution < -0.4 is 4.74 Å². The molecule has 0 saturated carbocycles. The summed E-state index contributed by atoms with van der Waals surface area (Å²) in [6.45, 7) is 4.56. The Morgan fingerprint density at radius 3 is 2.90 bits per heavy atom. The van der Waals surface area contributed by atoms with E-state index in [-0.39, 0.29) is 12.1 Å². The molecule has 0 aromatic heterocycles. The van der Waals surface area contributed by atoms with Crippen LogP contribution in [-0.2, 0) is 6.42 Å². The average Bonchev–Trinajstić information content (AvgIpc) is 2.96. The monoisotopic (exact) mass is 275 g/mol. The van der Waals surface area contributed by atoms with E-state index in [4.69, 9.17) is 4.74 Å². The molecular weight excluding hydrogens is 250 g/mol. The lowest BCUT2D eigenvalue weighted by Crippen LogP contribution is -2.41. The predicted octanol–water partition coefficient (Wildman–Crippen LogP) is 2.78. The zero-order valence-corrected chi connectivity index (χ0v) is 12.5. The molecule has 1 aliphatic heterocycles. The molecule has 0 bridgehead atoms. The van der Waals surface area contributed by atoms with Crippen molar-refractivity contribution in [1.29, 1.82) is 0 Å². The SMILES string of the molecule is CCC1CCN(C2CCc3ccc(OC)cc3C2O)C1. The lowest BCUT2D eigenvalue weighted by molar-refractivity contribution is 0.0466. The van der Waals surface area contributed by atoms with E-state index >= 15 is 0 Å². The van der Waals surface area contributed by atoms with Gasteiger partial charge < -0.3 is 9.84 Å². The first kappa shape index (κ1) is 13.9. The number of methoxy groups -OCH3 is 1. The summed E-state index contributed by atoms with van der Waals surface area (Å²) < 4.78 is 5.30. The van der Waals surface area contributed by atoms with Crippen molar-refractivity contribution in [2.75, 3.05) is 20.2 Å². The third-order valence-corrected chi connectivity index (χ3v) is 5.11. The number of aliphatic hydroxyl groups excluding tert-OH is 1. The number of hydrogen-bond acceptors (Lipinski definition) is 3. The van der Waals surface area contributed by atoms with Gasteiger partial charge in [0.2, 0.25) is 0 Å². The van der Waals surface area contributed by atoms with E-state index in [0.29, 0.717) is 0 Å². The van der Waals surface area contributed by atoms with Crippen molar-refractivity contribution in [2.24, 2.45) is 5.92 Å². The number of aryl methyl sites for hydroxylation is 1. The zero-order chi connectivity index (χ0) is 14.1. The maximum atomic E-state index is 10.8. The van der Waals surface area contributed by atoms with Crippen molar-refractivity contribution in [3.05, 3.63) is 29.3 Å². The molecule has 3 atom stereocenters. The lowest BCUT2D eigenvalue weighted by atomic mass is 9.85. The topological polar surface area (TPSA) is 32.7 Å². The number of hydrogen-bond donors (Lipinski definition) is 1. The normalized spacial score (nSPS) is 30.2. The van der Waals surface area contributed by atoms with Gasteiger partial charge in [0.25, 0.3) is 0 Å². The van der Waals surface area contributed by atoms with E-state index in [1.807, 2.05) is 12.1 Å². The molecule has 1 heterocycles. The molecule has 2 aliphatic rings. The molecule has 0 spiro atoms. The highest BCUT2D eigenvalue weighted by atomic mass is 16.5. The second-order valence-corrected chi connectivity index (χ2v) is 6.17. The summed E-state index contributed by atoms with van der Waals surface area (Å²) in [6.07, 6.45) is 4.30. The van der Waals surface area contributed by atoms with E-state index in [0.717, 1.165) is 43.2 Å². The summed E-state index contributed by atoms with van der Waals surface area (Å²) in [5.41, 5.74) is 2.35. The number of ether oxygens (including phenoxy) is 1. The second kappa shape index (κ2) is 5.74. The van der Waals surface area contributed by atoms with Gasteiger partial charge in [-0.05, 0) is 55.0 Å². The lowest BCUT2D eigenvalue weighted by Gasteiger charge is -2.36. The van der Waals surface area contributed by atoms with Gasteiger partial charge in [0.15, 0.2) is 0 Å². The van der Waals surface area contributed by atoms with Crippen LogP contribution >= 0.6 is 0 Å². The van der Waals surface area contributed by atoms with Gasteiger partial charge >= 0.3 is 0 Å². The maximum absolute atomic E-state index is 10.8. The smallest absolute Gasteiger partial charge is 0.119 e. The summed E-state index contributed by atoms with van der Waals surface area (Å²) in [4.78, 5) is 2.50. The van der Waals surface area contributed by atoms with E-state index in [1.165, 1.54) is 18.4 Å². The Balaban J connectivity index is 1.79. The van der Waals surface area contributed by atoms with Gasteiger partial charge in [-0.15, -0.1) is 0 Å². The molecule has 1 saturated heterocycles. The van der Waals surface area contributed by atoms with Gasteiger partial charge in [0.05, 0.1) is 13.2 Å². The van der Waals surface area contributed by atoms with Crippen molar-refractivity contribution in [1.82, 2.24) is 4.90 Å². The first-order valence-corrected chi connectivity index (χ1v) is 7.81. The van der Waals surface area contributed by atoms with Crippen LogP contribution in [0.1, 0.15) is 43.4 Å². The van der Waals surface area contributed by atoms with Gasteiger partial charge in [-0.25, -0.2) is 0 Å². The molecule has 3 nitrogen and oxygen atoms in total. The number of likely N-dealkylation sites (tertiary alicyclic amines) is 1. The molecular formula is C17H25NO2. The third-order valence-electron chi connectivity index (χ3n) is 5.11. The molecule has 1 aliphatic carbocycles. The van der Waals surface area contributed by atoms with Gasteiger partial charge in [0.1, 0.15) is 5.75 Å². The molecule has 110 valence electrons. The molecule has 1 N–H and O–H groups in total. The van der Waals surface area contributed by atoms with Crippen molar-refractivity contribution in [3.63, 3.8) is 0 Å². The summed E-state index contributed by atoms with van der Waals surface area (Å²) in [5, 5.41) is 10.8. The van der Waals surface area contributed by atoms with Gasteiger partial charge in [-0.2, -0.15) is 0 Å². The average molecular weight is 275 g/mol. The summed E-state index contributed by atoms with van der Waals surface area (Å²) >= 11 is 0. The standard InChI is InChI=1S/C17H25NO2/c1-3-12-8-9-18(11-12)16-7-5-13-4-6-14(20-2)10-15(13)17(16)19/h4,6,10,12,16-17,19H,3,5,7-9,11H2,1-2H3. The van der Waals surface area contributed by atoms with Gasteiger partial charge in [0, 0.05) is 12.6 Å². The quantitative estimate of drug-likeness (QED) is 0.920. The van der Waals surface area contributed by atoms with Crippen LogP contribution in [0.5, 0.6) is 5.75 Å². The van der Waals surface area contributed by atoms with Crippen LogP contribution in [0.15, 0.2) is 18.2 Å². The van der Waals surface area contributed by atoms with Crippen LogP contribution in [-0.4, -0.2) is 36.2 Å².